The van der Waals surface area contributed by atoms with Gasteiger partial charge in [0.15, 0.2) is 0 Å². The van der Waals surface area contributed by atoms with Crippen molar-refractivity contribution in [3.8, 4) is 0 Å². The Morgan fingerprint density at radius 1 is 1.43 bits per heavy atom. The minimum atomic E-state index is 0.141. The predicted molar refractivity (Wildman–Crippen MR) is 86.3 cm³/mol. The summed E-state index contributed by atoms with van der Waals surface area (Å²) in [6.07, 6.45) is 3.05. The number of amides is 1. The fourth-order valence-electron chi connectivity index (χ4n) is 2.61. The highest BCUT2D eigenvalue weighted by Gasteiger charge is 2.24. The summed E-state index contributed by atoms with van der Waals surface area (Å²) in [7, 11) is 1.85. The monoisotopic (exact) mass is 308 g/mol. The molecule has 1 aromatic rings. The van der Waals surface area contributed by atoms with Crippen molar-refractivity contribution in [2.45, 2.75) is 17.9 Å². The van der Waals surface area contributed by atoms with E-state index >= 15 is 0 Å². The third kappa shape index (κ3) is 4.73. The van der Waals surface area contributed by atoms with Gasteiger partial charge in [-0.15, -0.1) is 11.8 Å². The summed E-state index contributed by atoms with van der Waals surface area (Å²) in [5.74, 6) is 0.477. The predicted octanol–water partition coefficient (Wildman–Crippen LogP) is 1.68. The van der Waals surface area contributed by atoms with Crippen LogP contribution in [-0.2, 0) is 11.3 Å². The van der Waals surface area contributed by atoms with E-state index in [1.54, 1.807) is 16.7 Å². The summed E-state index contributed by atoms with van der Waals surface area (Å²) < 4.78 is 0. The third-order valence-corrected chi connectivity index (χ3v) is 4.74. The first-order chi connectivity index (χ1) is 10.1. The summed E-state index contributed by atoms with van der Waals surface area (Å²) in [5, 5.41) is 9.14. The van der Waals surface area contributed by atoms with Gasteiger partial charge >= 0.3 is 0 Å². The molecule has 1 saturated heterocycles. The van der Waals surface area contributed by atoms with E-state index < -0.39 is 0 Å². The van der Waals surface area contributed by atoms with Crippen molar-refractivity contribution in [1.82, 2.24) is 9.80 Å². The third-order valence-electron chi connectivity index (χ3n) is 3.99. The molecular formula is C16H24N2O2S. The number of aliphatic hydroxyl groups is 1. The number of likely N-dealkylation sites (tertiary alicyclic amines) is 1. The van der Waals surface area contributed by atoms with Gasteiger partial charge in [-0.05, 0) is 42.8 Å². The van der Waals surface area contributed by atoms with E-state index in [9.17, 15) is 4.79 Å². The number of carbonyl (C=O) groups excluding carboxylic acids is 1. The van der Waals surface area contributed by atoms with Gasteiger partial charge in [-0.3, -0.25) is 9.69 Å². The second-order valence-electron chi connectivity index (χ2n) is 5.67. The highest BCUT2D eigenvalue weighted by Crippen LogP contribution is 2.17. The van der Waals surface area contributed by atoms with Crippen LogP contribution in [0.15, 0.2) is 29.2 Å². The van der Waals surface area contributed by atoms with E-state index in [1.807, 2.05) is 7.05 Å². The minimum absolute atomic E-state index is 0.141. The topological polar surface area (TPSA) is 43.8 Å². The van der Waals surface area contributed by atoms with Crippen LogP contribution in [0.25, 0.3) is 0 Å². The number of rotatable bonds is 6. The van der Waals surface area contributed by atoms with Gasteiger partial charge in [0.25, 0.3) is 0 Å². The Balaban J connectivity index is 1.81. The fraction of sp³-hybridized carbons (Fsp3) is 0.562. The Morgan fingerprint density at radius 2 is 2.14 bits per heavy atom. The lowest BCUT2D eigenvalue weighted by Crippen LogP contribution is -2.37. The summed E-state index contributed by atoms with van der Waals surface area (Å²) >= 11 is 1.72. The molecule has 1 aromatic carbocycles. The molecule has 1 aliphatic heterocycles. The normalized spacial score (nSPS) is 18.9. The SMILES string of the molecule is CSc1ccc(CN(C)C(=O)CN2CCC(CO)C2)cc1. The first kappa shape index (κ1) is 16.3. The molecule has 5 heteroatoms. The Hall–Kier alpha value is -1.04. The van der Waals surface area contributed by atoms with Gasteiger partial charge in [-0.25, -0.2) is 0 Å². The number of likely N-dealkylation sites (N-methyl/N-ethyl adjacent to an activating group) is 1. The summed E-state index contributed by atoms with van der Waals surface area (Å²) in [6.45, 7) is 3.06. The molecule has 1 heterocycles. The molecule has 21 heavy (non-hydrogen) atoms. The van der Waals surface area contributed by atoms with Gasteiger partial charge in [-0.2, -0.15) is 0 Å². The van der Waals surface area contributed by atoms with Crippen molar-refractivity contribution in [3.63, 3.8) is 0 Å². The quantitative estimate of drug-likeness (QED) is 0.812. The fourth-order valence-corrected chi connectivity index (χ4v) is 3.02. The summed E-state index contributed by atoms with van der Waals surface area (Å²) in [6, 6.07) is 8.33. The molecular weight excluding hydrogens is 284 g/mol. The molecule has 0 bridgehead atoms. The molecule has 0 aliphatic carbocycles. The standard InChI is InChI=1S/C16H24N2O2S/c1-17(9-13-3-5-15(21-2)6-4-13)16(20)11-18-8-7-14(10-18)12-19/h3-6,14,19H,7-12H2,1-2H3. The zero-order valence-corrected chi connectivity index (χ0v) is 13.6. The zero-order chi connectivity index (χ0) is 15.2. The maximum atomic E-state index is 12.2. The van der Waals surface area contributed by atoms with Crippen LogP contribution in [0.1, 0.15) is 12.0 Å². The first-order valence-corrected chi connectivity index (χ1v) is 8.55. The lowest BCUT2D eigenvalue weighted by atomic mass is 10.1. The van der Waals surface area contributed by atoms with Gasteiger partial charge in [0.1, 0.15) is 0 Å². The molecule has 1 unspecified atom stereocenters. The highest BCUT2D eigenvalue weighted by molar-refractivity contribution is 7.98. The molecule has 1 atom stereocenters. The van der Waals surface area contributed by atoms with Crippen LogP contribution >= 0.6 is 11.8 Å². The highest BCUT2D eigenvalue weighted by atomic mass is 32.2. The van der Waals surface area contributed by atoms with Gasteiger partial charge in [-0.1, -0.05) is 12.1 Å². The van der Waals surface area contributed by atoms with Crippen molar-refractivity contribution in [3.05, 3.63) is 29.8 Å². The zero-order valence-electron chi connectivity index (χ0n) is 12.8. The average molecular weight is 308 g/mol. The number of hydrogen-bond acceptors (Lipinski definition) is 4. The Kier molecular flexibility index (Phi) is 6.08. The van der Waals surface area contributed by atoms with Crippen molar-refractivity contribution in [2.24, 2.45) is 5.92 Å². The van der Waals surface area contributed by atoms with E-state index in [2.05, 4.69) is 35.4 Å². The number of hydrogen-bond donors (Lipinski definition) is 1. The lowest BCUT2D eigenvalue weighted by molar-refractivity contribution is -0.131. The van der Waals surface area contributed by atoms with Crippen molar-refractivity contribution < 1.29 is 9.90 Å². The van der Waals surface area contributed by atoms with Gasteiger partial charge in [0.05, 0.1) is 6.54 Å². The van der Waals surface area contributed by atoms with Crippen LogP contribution in [0.2, 0.25) is 0 Å². The van der Waals surface area contributed by atoms with Crippen molar-refractivity contribution in [1.29, 1.82) is 0 Å². The van der Waals surface area contributed by atoms with Crippen LogP contribution in [0.3, 0.4) is 0 Å². The van der Waals surface area contributed by atoms with Crippen LogP contribution < -0.4 is 0 Å². The molecule has 0 spiro atoms. The molecule has 1 aliphatic rings. The number of carbonyl (C=O) groups is 1. The van der Waals surface area contributed by atoms with Gasteiger partial charge in [0.2, 0.25) is 5.91 Å². The Labute approximate surface area is 131 Å². The van der Waals surface area contributed by atoms with Gasteiger partial charge in [0, 0.05) is 31.6 Å². The maximum Gasteiger partial charge on any atom is 0.236 e. The molecule has 116 valence electrons. The number of nitrogens with zero attached hydrogens (tertiary/aromatic N) is 2. The minimum Gasteiger partial charge on any atom is -0.396 e. The van der Waals surface area contributed by atoms with Crippen molar-refractivity contribution in [2.75, 3.05) is 39.5 Å². The largest absolute Gasteiger partial charge is 0.396 e. The number of aliphatic hydroxyl groups excluding tert-OH is 1. The van der Waals surface area contributed by atoms with Crippen LogP contribution in [0, 0.1) is 5.92 Å². The molecule has 1 amide bonds. The maximum absolute atomic E-state index is 12.2. The van der Waals surface area contributed by atoms with Crippen LogP contribution in [-0.4, -0.2) is 60.4 Å². The van der Waals surface area contributed by atoms with E-state index in [4.69, 9.17) is 5.11 Å². The van der Waals surface area contributed by atoms with Gasteiger partial charge < -0.3 is 10.0 Å². The average Bonchev–Trinajstić information content (AvgIpc) is 2.95. The molecule has 0 aromatic heterocycles. The molecule has 0 radical (unpaired) electrons. The Bertz CT molecular complexity index is 464. The number of benzene rings is 1. The van der Waals surface area contributed by atoms with E-state index in [-0.39, 0.29) is 12.5 Å². The van der Waals surface area contributed by atoms with Crippen molar-refractivity contribution >= 4 is 17.7 Å². The second-order valence-corrected chi connectivity index (χ2v) is 6.55. The smallest absolute Gasteiger partial charge is 0.236 e. The summed E-state index contributed by atoms with van der Waals surface area (Å²) in [5.41, 5.74) is 1.15. The molecule has 2 rings (SSSR count). The summed E-state index contributed by atoms with van der Waals surface area (Å²) in [4.78, 5) is 17.4. The van der Waals surface area contributed by atoms with Crippen LogP contribution in [0.4, 0.5) is 0 Å². The molecule has 1 fully saturated rings. The molecule has 4 nitrogen and oxygen atoms in total. The van der Waals surface area contributed by atoms with E-state index in [1.165, 1.54) is 4.90 Å². The van der Waals surface area contributed by atoms with E-state index in [0.717, 1.165) is 25.1 Å². The van der Waals surface area contributed by atoms with Crippen LogP contribution in [0.5, 0.6) is 0 Å². The van der Waals surface area contributed by atoms with E-state index in [0.29, 0.717) is 19.0 Å². The first-order valence-electron chi connectivity index (χ1n) is 7.32. The lowest BCUT2D eigenvalue weighted by Gasteiger charge is -2.21. The molecule has 0 saturated carbocycles. The second kappa shape index (κ2) is 7.82. The Morgan fingerprint density at radius 3 is 2.71 bits per heavy atom. The molecule has 1 N–H and O–H groups in total. The number of thioether (sulfide) groups is 1.